The Labute approximate surface area is 216 Å². The molecule has 0 unspecified atom stereocenters. The molecule has 0 saturated carbocycles. The van der Waals surface area contributed by atoms with Crippen molar-refractivity contribution in [1.82, 2.24) is 29.3 Å². The standard InChI is InChI=1S/C25H23F3N6O.BrH/c1-16-14-33(15-29-16)21-11-9-17(30-24(21)35-2)10-12-22-31-23-19(7-5-13-34(23)32-22)18-6-3-4-8-20(18)25(26,27)28;/h3-4,6,8-12,14-15,19H,5,7,13H2,1-2H3;1H/b12-10+;/t19-;/m0./s1. The smallest absolute Gasteiger partial charge is 0.416 e. The van der Waals surface area contributed by atoms with Gasteiger partial charge in [0.15, 0.2) is 5.82 Å². The Morgan fingerprint density at radius 2 is 1.89 bits per heavy atom. The Kier molecular flexibility index (Phi) is 7.30. The third-order valence-corrected chi connectivity index (χ3v) is 5.98. The molecular formula is C25H24BrF3N6O. The predicted molar refractivity (Wildman–Crippen MR) is 134 cm³/mol. The van der Waals surface area contributed by atoms with Gasteiger partial charge in [0.2, 0.25) is 5.88 Å². The third kappa shape index (κ3) is 5.06. The SMILES string of the molecule is Br.COc1nc(/C=C/c2nc3n(n2)CCC[C@H]3c2ccccc2C(F)(F)F)ccc1-n1cnc(C)c1. The van der Waals surface area contributed by atoms with Gasteiger partial charge in [-0.25, -0.2) is 19.6 Å². The first-order valence-electron chi connectivity index (χ1n) is 11.2. The van der Waals surface area contributed by atoms with E-state index in [0.717, 1.165) is 23.9 Å². The van der Waals surface area contributed by atoms with Crippen LogP contribution in [-0.2, 0) is 12.7 Å². The maximum atomic E-state index is 13.6. The summed E-state index contributed by atoms with van der Waals surface area (Å²) in [5.41, 5.74) is 1.88. The summed E-state index contributed by atoms with van der Waals surface area (Å²) >= 11 is 0. The Morgan fingerprint density at radius 1 is 1.08 bits per heavy atom. The molecule has 1 atom stereocenters. The Morgan fingerprint density at radius 3 is 2.61 bits per heavy atom. The second kappa shape index (κ2) is 10.3. The number of hydrogen-bond donors (Lipinski definition) is 0. The first-order valence-corrected chi connectivity index (χ1v) is 11.2. The number of aromatic nitrogens is 6. The number of hydrogen-bond acceptors (Lipinski definition) is 5. The third-order valence-electron chi connectivity index (χ3n) is 5.98. The topological polar surface area (TPSA) is 70.7 Å². The summed E-state index contributed by atoms with van der Waals surface area (Å²) in [4.78, 5) is 13.3. The predicted octanol–water partition coefficient (Wildman–Crippen LogP) is 5.87. The highest BCUT2D eigenvalue weighted by Crippen LogP contribution is 2.40. The summed E-state index contributed by atoms with van der Waals surface area (Å²) in [5.74, 6) is 0.938. The molecule has 7 nitrogen and oxygen atoms in total. The quantitative estimate of drug-likeness (QED) is 0.305. The lowest BCUT2D eigenvalue weighted by Crippen LogP contribution is -2.21. The minimum Gasteiger partial charge on any atom is -0.479 e. The highest BCUT2D eigenvalue weighted by atomic mass is 79.9. The number of rotatable bonds is 5. The number of pyridine rings is 1. The van der Waals surface area contributed by atoms with Crippen LogP contribution in [0.4, 0.5) is 13.2 Å². The van der Waals surface area contributed by atoms with Crippen LogP contribution in [-0.4, -0.2) is 36.4 Å². The summed E-state index contributed by atoms with van der Waals surface area (Å²) in [6, 6.07) is 9.42. The summed E-state index contributed by atoms with van der Waals surface area (Å²) in [5, 5.41) is 4.51. The van der Waals surface area contributed by atoms with Crippen molar-refractivity contribution in [3.05, 3.63) is 83.1 Å². The lowest BCUT2D eigenvalue weighted by Gasteiger charge is -2.25. The van der Waals surface area contributed by atoms with Crippen molar-refractivity contribution in [2.75, 3.05) is 7.11 Å². The Hall–Kier alpha value is -3.47. The molecule has 36 heavy (non-hydrogen) atoms. The van der Waals surface area contributed by atoms with Crippen LogP contribution in [0.25, 0.3) is 17.8 Å². The van der Waals surface area contributed by atoms with E-state index in [1.54, 1.807) is 36.3 Å². The van der Waals surface area contributed by atoms with E-state index >= 15 is 0 Å². The number of methoxy groups -OCH3 is 1. The van der Waals surface area contributed by atoms with Crippen LogP contribution in [0.1, 0.15) is 52.9 Å². The van der Waals surface area contributed by atoms with Gasteiger partial charge in [-0.05, 0) is 55.7 Å². The number of halogens is 4. The van der Waals surface area contributed by atoms with Crippen molar-refractivity contribution in [2.45, 2.75) is 38.4 Å². The zero-order chi connectivity index (χ0) is 24.6. The van der Waals surface area contributed by atoms with Gasteiger partial charge < -0.3 is 9.30 Å². The number of nitrogens with zero attached hydrogens (tertiary/aromatic N) is 6. The van der Waals surface area contributed by atoms with Gasteiger partial charge in [0.1, 0.15) is 11.5 Å². The van der Waals surface area contributed by atoms with Crippen molar-refractivity contribution < 1.29 is 17.9 Å². The number of alkyl halides is 3. The van der Waals surface area contributed by atoms with Crippen LogP contribution in [0, 0.1) is 6.92 Å². The van der Waals surface area contributed by atoms with Gasteiger partial charge in [-0.2, -0.15) is 18.3 Å². The molecule has 0 aliphatic carbocycles. The van der Waals surface area contributed by atoms with Crippen LogP contribution < -0.4 is 4.74 Å². The van der Waals surface area contributed by atoms with Crippen molar-refractivity contribution in [1.29, 1.82) is 0 Å². The molecule has 5 rings (SSSR count). The molecule has 0 bridgehead atoms. The van der Waals surface area contributed by atoms with Gasteiger partial charge in [-0.3, -0.25) is 0 Å². The van der Waals surface area contributed by atoms with E-state index in [1.807, 2.05) is 29.8 Å². The molecule has 1 aliphatic heterocycles. The molecule has 1 aliphatic rings. The van der Waals surface area contributed by atoms with Gasteiger partial charge in [0, 0.05) is 18.7 Å². The normalized spacial score (nSPS) is 15.5. The van der Waals surface area contributed by atoms with Crippen molar-refractivity contribution in [3.8, 4) is 11.6 Å². The molecule has 4 heterocycles. The van der Waals surface area contributed by atoms with E-state index < -0.39 is 17.7 Å². The summed E-state index contributed by atoms with van der Waals surface area (Å²) < 4.78 is 49.8. The van der Waals surface area contributed by atoms with E-state index in [-0.39, 0.29) is 22.5 Å². The molecule has 1 aromatic carbocycles. The number of benzene rings is 1. The Bertz CT molecular complexity index is 1390. The van der Waals surface area contributed by atoms with Crippen LogP contribution in [0.15, 0.2) is 48.9 Å². The Balaban J connectivity index is 0.00000304. The fraction of sp³-hybridized carbons (Fsp3) is 0.280. The molecule has 3 aromatic heterocycles. The van der Waals surface area contributed by atoms with Crippen LogP contribution in [0.2, 0.25) is 0 Å². The van der Waals surface area contributed by atoms with Crippen LogP contribution in [0.5, 0.6) is 5.88 Å². The molecule has 0 spiro atoms. The van der Waals surface area contributed by atoms with Crippen LogP contribution >= 0.6 is 17.0 Å². The fourth-order valence-electron chi connectivity index (χ4n) is 4.39. The minimum absolute atomic E-state index is 0. The van der Waals surface area contributed by atoms with E-state index in [2.05, 4.69) is 20.1 Å². The lowest BCUT2D eigenvalue weighted by molar-refractivity contribution is -0.138. The summed E-state index contributed by atoms with van der Waals surface area (Å²) in [6.07, 6.45) is 3.92. The molecule has 0 amide bonds. The molecule has 0 N–H and O–H groups in total. The highest BCUT2D eigenvalue weighted by molar-refractivity contribution is 8.93. The monoisotopic (exact) mass is 560 g/mol. The largest absolute Gasteiger partial charge is 0.479 e. The zero-order valence-corrected chi connectivity index (χ0v) is 21.3. The first kappa shape index (κ1) is 25.6. The fourth-order valence-corrected chi connectivity index (χ4v) is 4.39. The first-order chi connectivity index (χ1) is 16.8. The second-order valence-corrected chi connectivity index (χ2v) is 8.35. The van der Waals surface area contributed by atoms with Crippen molar-refractivity contribution in [3.63, 3.8) is 0 Å². The molecule has 188 valence electrons. The number of imidazole rings is 1. The van der Waals surface area contributed by atoms with Crippen LogP contribution in [0.3, 0.4) is 0 Å². The summed E-state index contributed by atoms with van der Waals surface area (Å²) in [6.45, 7) is 2.52. The average molecular weight is 561 g/mol. The lowest BCUT2D eigenvalue weighted by atomic mass is 9.88. The maximum absolute atomic E-state index is 13.6. The van der Waals surface area contributed by atoms with Gasteiger partial charge in [0.05, 0.1) is 30.4 Å². The highest BCUT2D eigenvalue weighted by Gasteiger charge is 2.37. The van der Waals surface area contributed by atoms with E-state index in [0.29, 0.717) is 36.2 Å². The van der Waals surface area contributed by atoms with Crippen molar-refractivity contribution >= 4 is 29.1 Å². The van der Waals surface area contributed by atoms with Gasteiger partial charge in [0.25, 0.3) is 0 Å². The zero-order valence-electron chi connectivity index (χ0n) is 19.6. The van der Waals surface area contributed by atoms with Gasteiger partial charge in [-0.15, -0.1) is 17.0 Å². The molecule has 0 saturated heterocycles. The summed E-state index contributed by atoms with van der Waals surface area (Å²) in [7, 11) is 1.55. The van der Waals surface area contributed by atoms with E-state index in [9.17, 15) is 13.2 Å². The molecule has 11 heteroatoms. The minimum atomic E-state index is -4.42. The molecule has 4 aromatic rings. The maximum Gasteiger partial charge on any atom is 0.416 e. The van der Waals surface area contributed by atoms with Gasteiger partial charge >= 0.3 is 6.18 Å². The number of fused-ring (bicyclic) bond motifs is 1. The second-order valence-electron chi connectivity index (χ2n) is 8.35. The van der Waals surface area contributed by atoms with Crippen molar-refractivity contribution in [2.24, 2.45) is 0 Å². The number of ether oxygens (including phenoxy) is 1. The molecule has 0 fully saturated rings. The van der Waals surface area contributed by atoms with Gasteiger partial charge in [-0.1, -0.05) is 18.2 Å². The average Bonchev–Trinajstić information content (AvgIpc) is 3.47. The van der Waals surface area contributed by atoms with E-state index in [1.165, 1.54) is 12.1 Å². The number of aryl methyl sites for hydroxylation is 2. The molecule has 0 radical (unpaired) electrons. The van der Waals surface area contributed by atoms with E-state index in [4.69, 9.17) is 4.74 Å². The molecular weight excluding hydrogens is 537 g/mol.